The molecule has 2 aliphatic heterocycles. The summed E-state index contributed by atoms with van der Waals surface area (Å²) in [5, 5.41) is 1.06. The molecule has 0 bridgehead atoms. The van der Waals surface area contributed by atoms with Gasteiger partial charge in [0, 0.05) is 36.0 Å². The van der Waals surface area contributed by atoms with Crippen LogP contribution in [-0.4, -0.2) is 55.2 Å². The Balaban J connectivity index is 1.15. The molecule has 2 saturated heterocycles. The van der Waals surface area contributed by atoms with Gasteiger partial charge in [-0.15, -0.1) is 0 Å². The zero-order valence-electron chi connectivity index (χ0n) is 21.9. The number of halogens is 2. The number of thioether (sulfide) groups is 2. The summed E-state index contributed by atoms with van der Waals surface area (Å²) in [5.74, 6) is -1.27. The van der Waals surface area contributed by atoms with E-state index in [1.165, 1.54) is 33.3 Å². The fourth-order valence-corrected chi connectivity index (χ4v) is 6.89. The molecule has 42 heavy (non-hydrogen) atoms. The number of hydrazine groups is 1. The monoisotopic (exact) mass is 678 g/mol. The van der Waals surface area contributed by atoms with Gasteiger partial charge in [0.25, 0.3) is 11.8 Å². The van der Waals surface area contributed by atoms with Crippen molar-refractivity contribution < 1.29 is 19.2 Å². The highest BCUT2D eigenvalue weighted by atomic mass is 35.5. The van der Waals surface area contributed by atoms with Gasteiger partial charge in [-0.25, -0.2) is 0 Å². The van der Waals surface area contributed by atoms with E-state index in [0.29, 0.717) is 41.3 Å². The van der Waals surface area contributed by atoms with E-state index in [9.17, 15) is 19.2 Å². The largest absolute Gasteiger partial charge is 0.293 e. The summed E-state index contributed by atoms with van der Waals surface area (Å²) in [5.41, 5.74) is 6.19. The quantitative estimate of drug-likeness (QED) is 0.185. The molecule has 2 aliphatic rings. The highest BCUT2D eigenvalue weighted by Gasteiger charge is 2.33. The van der Waals surface area contributed by atoms with Crippen LogP contribution < -0.4 is 10.9 Å². The van der Waals surface area contributed by atoms with E-state index in [-0.39, 0.29) is 37.7 Å². The van der Waals surface area contributed by atoms with Gasteiger partial charge >= 0.3 is 0 Å². The Morgan fingerprint density at radius 3 is 1.48 bits per heavy atom. The molecular weight excluding hydrogens is 656 g/mol. The smallest absolute Gasteiger partial charge is 0.266 e. The molecule has 0 saturated carbocycles. The third-order valence-electron chi connectivity index (χ3n) is 6.04. The van der Waals surface area contributed by atoms with E-state index >= 15 is 0 Å². The van der Waals surface area contributed by atoms with Crippen molar-refractivity contribution in [1.29, 1.82) is 0 Å². The lowest BCUT2D eigenvalue weighted by Gasteiger charge is -2.15. The lowest BCUT2D eigenvalue weighted by molar-refractivity contribution is -0.129. The van der Waals surface area contributed by atoms with Gasteiger partial charge < -0.3 is 0 Å². The molecule has 0 spiro atoms. The highest BCUT2D eigenvalue weighted by molar-refractivity contribution is 8.27. The summed E-state index contributed by atoms with van der Waals surface area (Å²) in [7, 11) is 0. The average Bonchev–Trinajstić information content (AvgIpc) is 3.38. The topological polar surface area (TPSA) is 98.8 Å². The van der Waals surface area contributed by atoms with Crippen LogP contribution in [0, 0.1) is 0 Å². The van der Waals surface area contributed by atoms with Gasteiger partial charge in [-0.2, -0.15) is 0 Å². The van der Waals surface area contributed by atoms with Gasteiger partial charge in [0.1, 0.15) is 8.64 Å². The van der Waals surface area contributed by atoms with Crippen molar-refractivity contribution in [2.45, 2.75) is 25.7 Å². The predicted octanol–water partition coefficient (Wildman–Crippen LogP) is 5.80. The zero-order valence-corrected chi connectivity index (χ0v) is 26.7. The second kappa shape index (κ2) is 15.1. The Bertz CT molecular complexity index is 1400. The molecule has 0 aromatic heterocycles. The first kappa shape index (κ1) is 32.2. The SMILES string of the molecule is O=C(CCCN1C(=O)C(=Cc2ccccc2Cl)SC1=S)NNC(=O)CCCN1C(=O)C(=Cc2ccccc2Cl)SC1=S. The van der Waals surface area contributed by atoms with Crippen LogP contribution >= 0.6 is 71.2 Å². The number of rotatable bonds is 10. The molecule has 0 atom stereocenters. The highest BCUT2D eigenvalue weighted by Crippen LogP contribution is 2.35. The maximum absolute atomic E-state index is 12.8. The van der Waals surface area contributed by atoms with Crippen LogP contribution in [-0.2, 0) is 19.2 Å². The van der Waals surface area contributed by atoms with E-state index in [0.717, 1.165) is 11.1 Å². The molecule has 14 heteroatoms. The van der Waals surface area contributed by atoms with E-state index in [4.69, 9.17) is 47.6 Å². The van der Waals surface area contributed by atoms with E-state index in [2.05, 4.69) is 10.9 Å². The molecule has 0 aliphatic carbocycles. The van der Waals surface area contributed by atoms with Gasteiger partial charge in [-0.05, 0) is 48.3 Å². The number of nitrogens with zero attached hydrogens (tertiary/aromatic N) is 2. The number of benzene rings is 2. The van der Waals surface area contributed by atoms with Crippen molar-refractivity contribution >= 4 is 116 Å². The minimum Gasteiger partial charge on any atom is -0.293 e. The minimum atomic E-state index is -0.401. The first-order valence-corrected chi connectivity index (χ1v) is 15.9. The Morgan fingerprint density at radius 2 is 1.10 bits per heavy atom. The second-order valence-electron chi connectivity index (χ2n) is 9.01. The van der Waals surface area contributed by atoms with Gasteiger partial charge in [-0.1, -0.05) is 108 Å². The van der Waals surface area contributed by atoms with Crippen molar-refractivity contribution in [3.05, 3.63) is 79.5 Å². The van der Waals surface area contributed by atoms with Crippen molar-refractivity contribution in [3.63, 3.8) is 0 Å². The Labute approximate surface area is 272 Å². The number of hydrogen-bond acceptors (Lipinski definition) is 8. The fraction of sp³-hybridized carbons (Fsp3) is 0.214. The Morgan fingerprint density at radius 1 is 0.714 bits per heavy atom. The maximum atomic E-state index is 12.8. The number of amides is 4. The molecule has 2 aromatic carbocycles. The van der Waals surface area contributed by atoms with E-state index in [1.807, 2.05) is 36.4 Å². The van der Waals surface area contributed by atoms with Crippen LogP contribution in [0.1, 0.15) is 36.8 Å². The summed E-state index contributed by atoms with van der Waals surface area (Å²) < 4.78 is 0.820. The fourth-order valence-electron chi connectivity index (χ4n) is 3.91. The summed E-state index contributed by atoms with van der Waals surface area (Å²) >= 11 is 25.4. The predicted molar refractivity (Wildman–Crippen MR) is 177 cm³/mol. The summed E-state index contributed by atoms with van der Waals surface area (Å²) in [6, 6.07) is 14.4. The molecule has 2 aromatic rings. The van der Waals surface area contributed by atoms with E-state index in [1.54, 1.807) is 24.3 Å². The molecule has 218 valence electrons. The van der Waals surface area contributed by atoms with Crippen LogP contribution in [0.15, 0.2) is 58.3 Å². The van der Waals surface area contributed by atoms with Crippen molar-refractivity contribution in [2.75, 3.05) is 13.1 Å². The summed E-state index contributed by atoms with van der Waals surface area (Å²) in [6.07, 6.45) is 4.26. The molecule has 2 fully saturated rings. The summed E-state index contributed by atoms with van der Waals surface area (Å²) in [6.45, 7) is 0.529. The van der Waals surface area contributed by atoms with Crippen LogP contribution in [0.3, 0.4) is 0 Å². The van der Waals surface area contributed by atoms with Crippen LogP contribution in [0.5, 0.6) is 0 Å². The zero-order chi connectivity index (χ0) is 30.2. The Kier molecular flexibility index (Phi) is 11.6. The van der Waals surface area contributed by atoms with Crippen molar-refractivity contribution in [2.24, 2.45) is 0 Å². The van der Waals surface area contributed by atoms with E-state index < -0.39 is 11.8 Å². The first-order chi connectivity index (χ1) is 20.1. The third kappa shape index (κ3) is 8.42. The van der Waals surface area contributed by atoms with Gasteiger partial charge in [0.2, 0.25) is 11.8 Å². The molecule has 2 heterocycles. The number of carbonyl (C=O) groups excluding carboxylic acids is 4. The number of nitrogens with one attached hydrogen (secondary N) is 2. The normalized spacial score (nSPS) is 17.1. The number of thiocarbonyl (C=S) groups is 2. The molecular formula is C28H24Cl2N4O4S4. The molecule has 0 unspecified atom stereocenters. The van der Waals surface area contributed by atoms with Gasteiger partial charge in [0.05, 0.1) is 9.81 Å². The van der Waals surface area contributed by atoms with Crippen LogP contribution in [0.2, 0.25) is 10.0 Å². The average molecular weight is 680 g/mol. The van der Waals surface area contributed by atoms with Crippen LogP contribution in [0.25, 0.3) is 12.2 Å². The second-order valence-corrected chi connectivity index (χ2v) is 13.2. The molecule has 4 rings (SSSR count). The lowest BCUT2D eigenvalue weighted by atomic mass is 10.2. The lowest BCUT2D eigenvalue weighted by Crippen LogP contribution is -2.42. The van der Waals surface area contributed by atoms with Gasteiger partial charge in [-0.3, -0.25) is 39.8 Å². The standard InChI is InChI=1S/C28H24Cl2N4O4S4/c29-19-9-3-1-7-17(19)15-21-25(37)33(27(39)41-21)13-5-11-23(35)31-32-24(36)12-6-14-34-26(38)22(42-28(34)40)16-18-8-2-4-10-20(18)30/h1-4,7-10,15-16H,5-6,11-14H2,(H,31,35)(H,32,36). The Hall–Kier alpha value is -2.74. The van der Waals surface area contributed by atoms with Gasteiger partial charge in [0.15, 0.2) is 0 Å². The summed E-state index contributed by atoms with van der Waals surface area (Å²) in [4.78, 5) is 53.8. The maximum Gasteiger partial charge on any atom is 0.266 e. The molecule has 0 radical (unpaired) electrons. The van der Waals surface area contributed by atoms with Crippen molar-refractivity contribution in [1.82, 2.24) is 20.7 Å². The molecule has 4 amide bonds. The number of carbonyl (C=O) groups is 4. The molecule has 8 nitrogen and oxygen atoms in total. The minimum absolute atomic E-state index is 0.0786. The third-order valence-corrected chi connectivity index (χ3v) is 9.49. The first-order valence-electron chi connectivity index (χ1n) is 12.7. The van der Waals surface area contributed by atoms with Crippen LogP contribution in [0.4, 0.5) is 0 Å². The van der Waals surface area contributed by atoms with Crippen molar-refractivity contribution in [3.8, 4) is 0 Å². The molecule has 2 N–H and O–H groups in total. The number of hydrogen-bond donors (Lipinski definition) is 2.